The third-order valence-electron chi connectivity index (χ3n) is 3.60. The minimum Gasteiger partial charge on any atom is -0.507 e. The number of hydrogen-bond donors (Lipinski definition) is 2. The van der Waals surface area contributed by atoms with Crippen molar-refractivity contribution in [3.05, 3.63) is 23.8 Å². The summed E-state index contributed by atoms with van der Waals surface area (Å²) in [7, 11) is 3.76. The maximum absolute atomic E-state index is 9.83. The molecule has 0 unspecified atom stereocenters. The first-order valence-corrected chi connectivity index (χ1v) is 7.31. The van der Waals surface area contributed by atoms with E-state index in [0.717, 1.165) is 25.1 Å². The Morgan fingerprint density at radius 1 is 1.30 bits per heavy atom. The quantitative estimate of drug-likeness (QED) is 0.683. The van der Waals surface area contributed by atoms with E-state index in [-0.39, 0.29) is 5.75 Å². The van der Waals surface area contributed by atoms with Gasteiger partial charge in [0.15, 0.2) is 0 Å². The standard InChI is InChI=1S/C16H28N2O2/c1-13(2)18(3)10-6-5-9-17-12-14-7-8-15(20-4)11-16(14)19/h7-8,11,13,17,19H,5-6,9-10,12H2,1-4H3. The lowest BCUT2D eigenvalue weighted by Crippen LogP contribution is -2.27. The van der Waals surface area contributed by atoms with Gasteiger partial charge in [0.05, 0.1) is 7.11 Å². The van der Waals surface area contributed by atoms with Crippen molar-refractivity contribution >= 4 is 0 Å². The maximum atomic E-state index is 9.83. The lowest BCUT2D eigenvalue weighted by atomic mass is 10.2. The fourth-order valence-electron chi connectivity index (χ4n) is 1.91. The first kappa shape index (κ1) is 16.8. The van der Waals surface area contributed by atoms with Crippen LogP contribution in [0.1, 0.15) is 32.3 Å². The summed E-state index contributed by atoms with van der Waals surface area (Å²) in [6.45, 7) is 7.22. The van der Waals surface area contributed by atoms with Gasteiger partial charge in [-0.3, -0.25) is 0 Å². The van der Waals surface area contributed by atoms with Gasteiger partial charge in [0.25, 0.3) is 0 Å². The minimum absolute atomic E-state index is 0.288. The number of phenols is 1. The molecule has 20 heavy (non-hydrogen) atoms. The fraction of sp³-hybridized carbons (Fsp3) is 0.625. The highest BCUT2D eigenvalue weighted by Crippen LogP contribution is 2.22. The van der Waals surface area contributed by atoms with Gasteiger partial charge in [0.1, 0.15) is 11.5 Å². The summed E-state index contributed by atoms with van der Waals surface area (Å²) in [5, 5.41) is 13.2. The lowest BCUT2D eigenvalue weighted by Gasteiger charge is -2.20. The molecule has 114 valence electrons. The molecule has 4 heteroatoms. The van der Waals surface area contributed by atoms with E-state index in [9.17, 15) is 5.11 Å². The van der Waals surface area contributed by atoms with Crippen LogP contribution in [-0.2, 0) is 6.54 Å². The lowest BCUT2D eigenvalue weighted by molar-refractivity contribution is 0.268. The van der Waals surface area contributed by atoms with Gasteiger partial charge in [-0.2, -0.15) is 0 Å². The average Bonchev–Trinajstić information content (AvgIpc) is 2.43. The number of phenolic OH excluding ortho intramolecular Hbond substituents is 1. The third kappa shape index (κ3) is 5.80. The van der Waals surface area contributed by atoms with Crippen LogP contribution in [0.3, 0.4) is 0 Å². The summed E-state index contributed by atoms with van der Waals surface area (Å²) in [4.78, 5) is 2.36. The van der Waals surface area contributed by atoms with Gasteiger partial charge >= 0.3 is 0 Å². The van der Waals surface area contributed by atoms with Crippen LogP contribution in [0.25, 0.3) is 0 Å². The largest absolute Gasteiger partial charge is 0.507 e. The Bertz CT molecular complexity index is 394. The van der Waals surface area contributed by atoms with Crippen molar-refractivity contribution in [2.45, 2.75) is 39.3 Å². The molecule has 0 atom stereocenters. The van der Waals surface area contributed by atoms with E-state index in [1.54, 1.807) is 13.2 Å². The smallest absolute Gasteiger partial charge is 0.123 e. The van der Waals surface area contributed by atoms with Gasteiger partial charge in [-0.1, -0.05) is 6.07 Å². The van der Waals surface area contributed by atoms with E-state index < -0.39 is 0 Å². The van der Waals surface area contributed by atoms with Crippen LogP contribution < -0.4 is 10.1 Å². The second-order valence-electron chi connectivity index (χ2n) is 5.45. The van der Waals surface area contributed by atoms with E-state index in [2.05, 4.69) is 31.1 Å². The summed E-state index contributed by atoms with van der Waals surface area (Å²) in [6.07, 6.45) is 2.34. The zero-order valence-corrected chi connectivity index (χ0v) is 13.1. The van der Waals surface area contributed by atoms with Gasteiger partial charge in [0.2, 0.25) is 0 Å². The van der Waals surface area contributed by atoms with E-state index >= 15 is 0 Å². The molecule has 0 heterocycles. The van der Waals surface area contributed by atoms with Crippen molar-refractivity contribution in [3.63, 3.8) is 0 Å². The summed E-state index contributed by atoms with van der Waals surface area (Å²) in [5.41, 5.74) is 0.907. The number of ether oxygens (including phenoxy) is 1. The number of rotatable bonds is 9. The average molecular weight is 280 g/mol. The van der Waals surface area contributed by atoms with Gasteiger partial charge < -0.3 is 20.1 Å². The Kier molecular flexibility index (Phi) is 7.41. The summed E-state index contributed by atoms with van der Waals surface area (Å²) >= 11 is 0. The molecule has 0 saturated heterocycles. The van der Waals surface area contributed by atoms with Crippen molar-refractivity contribution in [2.75, 3.05) is 27.2 Å². The fourth-order valence-corrected chi connectivity index (χ4v) is 1.91. The maximum Gasteiger partial charge on any atom is 0.123 e. The Morgan fingerprint density at radius 2 is 2.05 bits per heavy atom. The van der Waals surface area contributed by atoms with Crippen LogP contribution >= 0.6 is 0 Å². The Labute approximate surface area is 122 Å². The molecule has 0 aliphatic heterocycles. The van der Waals surface area contributed by atoms with Crippen LogP contribution in [0.15, 0.2) is 18.2 Å². The minimum atomic E-state index is 0.288. The molecule has 0 aliphatic rings. The molecule has 4 nitrogen and oxygen atoms in total. The highest BCUT2D eigenvalue weighted by molar-refractivity contribution is 5.39. The second kappa shape index (κ2) is 8.82. The number of nitrogens with one attached hydrogen (secondary N) is 1. The Morgan fingerprint density at radius 3 is 2.65 bits per heavy atom. The molecule has 0 aromatic heterocycles. The molecule has 0 spiro atoms. The molecule has 0 bridgehead atoms. The SMILES string of the molecule is COc1ccc(CNCCCCN(C)C(C)C)c(O)c1. The number of unbranched alkanes of at least 4 members (excludes halogenated alkanes) is 1. The van der Waals surface area contributed by atoms with Crippen LogP contribution in [0.2, 0.25) is 0 Å². The number of benzene rings is 1. The first-order chi connectivity index (χ1) is 9.54. The molecule has 0 radical (unpaired) electrons. The molecule has 1 aromatic carbocycles. The second-order valence-corrected chi connectivity index (χ2v) is 5.45. The Balaban J connectivity index is 2.18. The molecule has 0 amide bonds. The number of methoxy groups -OCH3 is 1. The van der Waals surface area contributed by atoms with E-state index in [1.165, 1.54) is 6.42 Å². The van der Waals surface area contributed by atoms with Crippen molar-refractivity contribution < 1.29 is 9.84 Å². The van der Waals surface area contributed by atoms with Gasteiger partial charge in [-0.15, -0.1) is 0 Å². The normalized spacial score (nSPS) is 11.3. The monoisotopic (exact) mass is 280 g/mol. The first-order valence-electron chi connectivity index (χ1n) is 7.31. The zero-order chi connectivity index (χ0) is 15.0. The predicted molar refractivity (Wildman–Crippen MR) is 83.4 cm³/mol. The summed E-state index contributed by atoms with van der Waals surface area (Å²) in [6, 6.07) is 6.02. The molecular formula is C16H28N2O2. The van der Waals surface area contributed by atoms with Gasteiger partial charge in [-0.25, -0.2) is 0 Å². The van der Waals surface area contributed by atoms with E-state index in [1.807, 2.05) is 12.1 Å². The molecular weight excluding hydrogens is 252 g/mol. The van der Waals surface area contributed by atoms with E-state index in [0.29, 0.717) is 18.3 Å². The van der Waals surface area contributed by atoms with Crippen LogP contribution in [0.4, 0.5) is 0 Å². The van der Waals surface area contributed by atoms with Gasteiger partial charge in [-0.05, 0) is 52.9 Å². The number of hydrogen-bond acceptors (Lipinski definition) is 4. The Hall–Kier alpha value is -1.26. The molecule has 1 aromatic rings. The van der Waals surface area contributed by atoms with E-state index in [4.69, 9.17) is 4.74 Å². The molecule has 0 aliphatic carbocycles. The zero-order valence-electron chi connectivity index (χ0n) is 13.1. The number of nitrogens with zero attached hydrogens (tertiary/aromatic N) is 1. The van der Waals surface area contributed by atoms with Crippen molar-refractivity contribution in [2.24, 2.45) is 0 Å². The van der Waals surface area contributed by atoms with Gasteiger partial charge in [0, 0.05) is 24.2 Å². The summed E-state index contributed by atoms with van der Waals surface area (Å²) in [5.74, 6) is 0.972. The molecule has 2 N–H and O–H groups in total. The van der Waals surface area contributed by atoms with Crippen LogP contribution in [0, 0.1) is 0 Å². The topological polar surface area (TPSA) is 44.7 Å². The van der Waals surface area contributed by atoms with Crippen LogP contribution in [0.5, 0.6) is 11.5 Å². The highest BCUT2D eigenvalue weighted by Gasteiger charge is 2.03. The summed E-state index contributed by atoms with van der Waals surface area (Å²) < 4.78 is 5.06. The molecule has 0 fully saturated rings. The van der Waals surface area contributed by atoms with Crippen molar-refractivity contribution in [1.82, 2.24) is 10.2 Å². The van der Waals surface area contributed by atoms with Crippen molar-refractivity contribution in [3.8, 4) is 11.5 Å². The third-order valence-corrected chi connectivity index (χ3v) is 3.60. The molecule has 1 rings (SSSR count). The van der Waals surface area contributed by atoms with Crippen molar-refractivity contribution in [1.29, 1.82) is 0 Å². The van der Waals surface area contributed by atoms with Crippen LogP contribution in [-0.4, -0.2) is 43.3 Å². The molecule has 0 saturated carbocycles. The highest BCUT2D eigenvalue weighted by atomic mass is 16.5. The predicted octanol–water partition coefficient (Wildman–Crippen LogP) is 2.61. The number of aromatic hydroxyl groups is 1.